The molecule has 0 aliphatic heterocycles. The van der Waals surface area contributed by atoms with Gasteiger partial charge in [0.1, 0.15) is 17.6 Å². The van der Waals surface area contributed by atoms with Crippen LogP contribution in [0.1, 0.15) is 63.1 Å². The molecule has 1 saturated carbocycles. The highest BCUT2D eigenvalue weighted by Crippen LogP contribution is 2.30. The maximum atomic E-state index is 6.22. The molecular formula is C15H25NO2. The molecule has 0 aromatic carbocycles. The third-order valence-corrected chi connectivity index (χ3v) is 3.79. The van der Waals surface area contributed by atoms with E-state index < -0.39 is 0 Å². The molecule has 1 fully saturated rings. The Kier molecular flexibility index (Phi) is 4.84. The summed E-state index contributed by atoms with van der Waals surface area (Å²) in [4.78, 5) is 0. The zero-order chi connectivity index (χ0) is 13.0. The monoisotopic (exact) mass is 251 g/mol. The average Bonchev–Trinajstić information content (AvgIpc) is 2.83. The van der Waals surface area contributed by atoms with Gasteiger partial charge in [0, 0.05) is 6.04 Å². The van der Waals surface area contributed by atoms with Gasteiger partial charge in [0.25, 0.3) is 0 Å². The summed E-state index contributed by atoms with van der Waals surface area (Å²) in [6.07, 6.45) is 7.37. The van der Waals surface area contributed by atoms with Crippen molar-refractivity contribution in [3.05, 3.63) is 23.7 Å². The Labute approximate surface area is 110 Å². The first kappa shape index (κ1) is 13.6. The van der Waals surface area contributed by atoms with Crippen LogP contribution in [0.4, 0.5) is 0 Å². The highest BCUT2D eigenvalue weighted by Gasteiger charge is 2.26. The molecule has 3 heteroatoms. The van der Waals surface area contributed by atoms with Gasteiger partial charge in [0.2, 0.25) is 0 Å². The molecule has 1 aromatic rings. The maximum absolute atomic E-state index is 6.22. The summed E-state index contributed by atoms with van der Waals surface area (Å²) >= 11 is 0. The summed E-state index contributed by atoms with van der Waals surface area (Å²) in [6, 6.07) is 3.99. The van der Waals surface area contributed by atoms with Crippen molar-refractivity contribution in [1.29, 1.82) is 0 Å². The van der Waals surface area contributed by atoms with Crippen molar-refractivity contribution in [1.82, 2.24) is 0 Å². The molecule has 0 radical (unpaired) electrons. The molecule has 18 heavy (non-hydrogen) atoms. The van der Waals surface area contributed by atoms with E-state index >= 15 is 0 Å². The molecule has 0 spiro atoms. The Bertz CT molecular complexity index is 355. The molecule has 1 aliphatic rings. The molecule has 0 amide bonds. The Morgan fingerprint density at radius 3 is 2.61 bits per heavy atom. The van der Waals surface area contributed by atoms with Gasteiger partial charge in [0.15, 0.2) is 0 Å². The fourth-order valence-electron chi connectivity index (χ4n) is 2.61. The van der Waals surface area contributed by atoms with Crippen molar-refractivity contribution in [2.75, 3.05) is 0 Å². The van der Waals surface area contributed by atoms with Crippen LogP contribution in [0.25, 0.3) is 0 Å². The lowest BCUT2D eigenvalue weighted by molar-refractivity contribution is -0.0532. The molecule has 2 unspecified atom stereocenters. The van der Waals surface area contributed by atoms with Crippen LogP contribution in [0.15, 0.2) is 16.5 Å². The van der Waals surface area contributed by atoms with E-state index in [4.69, 9.17) is 14.9 Å². The van der Waals surface area contributed by atoms with E-state index in [1.54, 1.807) is 0 Å². The van der Waals surface area contributed by atoms with E-state index in [-0.39, 0.29) is 12.1 Å². The lowest BCUT2D eigenvalue weighted by Crippen LogP contribution is -2.33. The van der Waals surface area contributed by atoms with Gasteiger partial charge < -0.3 is 14.9 Å². The SMILES string of the molecule is CCC(N)C(OC1CCCCC1)c1ccc(C)o1. The number of rotatable bonds is 5. The highest BCUT2D eigenvalue weighted by atomic mass is 16.5. The van der Waals surface area contributed by atoms with Gasteiger partial charge in [-0.1, -0.05) is 26.2 Å². The second-order valence-corrected chi connectivity index (χ2v) is 5.34. The second kappa shape index (κ2) is 6.39. The summed E-state index contributed by atoms with van der Waals surface area (Å²) in [6.45, 7) is 4.05. The molecule has 3 nitrogen and oxygen atoms in total. The third kappa shape index (κ3) is 3.36. The molecule has 1 aromatic heterocycles. The van der Waals surface area contributed by atoms with Gasteiger partial charge >= 0.3 is 0 Å². The van der Waals surface area contributed by atoms with E-state index in [2.05, 4.69) is 6.92 Å². The van der Waals surface area contributed by atoms with Crippen LogP contribution in [-0.2, 0) is 4.74 Å². The second-order valence-electron chi connectivity index (χ2n) is 5.34. The topological polar surface area (TPSA) is 48.4 Å². The Hall–Kier alpha value is -0.800. The van der Waals surface area contributed by atoms with Crippen molar-refractivity contribution >= 4 is 0 Å². The van der Waals surface area contributed by atoms with Crippen molar-refractivity contribution in [3.8, 4) is 0 Å². The van der Waals surface area contributed by atoms with Crippen LogP contribution in [-0.4, -0.2) is 12.1 Å². The standard InChI is InChI=1S/C15H25NO2/c1-3-13(16)15(14-10-9-11(2)17-14)18-12-7-5-4-6-8-12/h9-10,12-13,15H,3-8,16H2,1-2H3. The predicted octanol–water partition coefficient (Wildman–Crippen LogP) is 3.72. The minimum absolute atomic E-state index is 0.0116. The highest BCUT2D eigenvalue weighted by molar-refractivity contribution is 5.10. The largest absolute Gasteiger partial charge is 0.464 e. The van der Waals surface area contributed by atoms with Crippen molar-refractivity contribution < 1.29 is 9.15 Å². The van der Waals surface area contributed by atoms with Crippen LogP contribution < -0.4 is 5.73 Å². The van der Waals surface area contributed by atoms with E-state index in [0.717, 1.165) is 30.8 Å². The van der Waals surface area contributed by atoms with Crippen LogP contribution in [0.2, 0.25) is 0 Å². The van der Waals surface area contributed by atoms with E-state index in [1.807, 2.05) is 19.1 Å². The van der Waals surface area contributed by atoms with E-state index in [0.29, 0.717) is 6.10 Å². The maximum Gasteiger partial charge on any atom is 0.134 e. The van der Waals surface area contributed by atoms with E-state index in [9.17, 15) is 0 Å². The summed E-state index contributed by atoms with van der Waals surface area (Å²) in [5.41, 5.74) is 6.19. The summed E-state index contributed by atoms with van der Waals surface area (Å²) in [7, 11) is 0. The molecular weight excluding hydrogens is 226 g/mol. The van der Waals surface area contributed by atoms with Crippen molar-refractivity contribution in [2.45, 2.75) is 70.6 Å². The van der Waals surface area contributed by atoms with Gasteiger partial charge in [-0.15, -0.1) is 0 Å². The lowest BCUT2D eigenvalue weighted by atomic mass is 9.97. The van der Waals surface area contributed by atoms with Crippen LogP contribution >= 0.6 is 0 Å². The zero-order valence-electron chi connectivity index (χ0n) is 11.5. The number of hydrogen-bond donors (Lipinski definition) is 1. The summed E-state index contributed by atoms with van der Waals surface area (Å²) in [5, 5.41) is 0. The smallest absolute Gasteiger partial charge is 0.134 e. The first-order valence-corrected chi connectivity index (χ1v) is 7.18. The Balaban J connectivity index is 2.04. The Morgan fingerprint density at radius 1 is 1.33 bits per heavy atom. The molecule has 2 N–H and O–H groups in total. The predicted molar refractivity (Wildman–Crippen MR) is 72.4 cm³/mol. The Morgan fingerprint density at radius 2 is 2.06 bits per heavy atom. The van der Waals surface area contributed by atoms with Gasteiger partial charge in [-0.05, 0) is 38.3 Å². The number of furan rings is 1. The van der Waals surface area contributed by atoms with Crippen LogP contribution in [0.5, 0.6) is 0 Å². The number of aryl methyl sites for hydroxylation is 1. The van der Waals surface area contributed by atoms with Gasteiger partial charge in [-0.25, -0.2) is 0 Å². The normalized spacial score (nSPS) is 20.8. The first-order chi connectivity index (χ1) is 8.70. The molecule has 1 heterocycles. The van der Waals surface area contributed by atoms with Gasteiger partial charge in [-0.3, -0.25) is 0 Å². The average molecular weight is 251 g/mol. The van der Waals surface area contributed by atoms with Gasteiger partial charge in [0.05, 0.1) is 6.10 Å². The lowest BCUT2D eigenvalue weighted by Gasteiger charge is -2.29. The summed E-state index contributed by atoms with van der Waals surface area (Å²) in [5.74, 6) is 1.80. The molecule has 102 valence electrons. The summed E-state index contributed by atoms with van der Waals surface area (Å²) < 4.78 is 11.9. The third-order valence-electron chi connectivity index (χ3n) is 3.79. The molecule has 1 aliphatic carbocycles. The minimum atomic E-state index is -0.0909. The van der Waals surface area contributed by atoms with Crippen molar-refractivity contribution in [3.63, 3.8) is 0 Å². The molecule has 2 rings (SSSR count). The van der Waals surface area contributed by atoms with Crippen LogP contribution in [0, 0.1) is 6.92 Å². The minimum Gasteiger partial charge on any atom is -0.464 e. The molecule has 2 atom stereocenters. The quantitative estimate of drug-likeness (QED) is 0.867. The van der Waals surface area contributed by atoms with Crippen LogP contribution in [0.3, 0.4) is 0 Å². The zero-order valence-corrected chi connectivity index (χ0v) is 11.5. The van der Waals surface area contributed by atoms with Crippen molar-refractivity contribution in [2.24, 2.45) is 5.73 Å². The first-order valence-electron chi connectivity index (χ1n) is 7.18. The van der Waals surface area contributed by atoms with Gasteiger partial charge in [-0.2, -0.15) is 0 Å². The molecule has 0 saturated heterocycles. The number of hydrogen-bond acceptors (Lipinski definition) is 3. The number of ether oxygens (including phenoxy) is 1. The number of nitrogens with two attached hydrogens (primary N) is 1. The fraction of sp³-hybridized carbons (Fsp3) is 0.733. The molecule has 0 bridgehead atoms. The fourth-order valence-corrected chi connectivity index (χ4v) is 2.61. The van der Waals surface area contributed by atoms with E-state index in [1.165, 1.54) is 19.3 Å².